The van der Waals surface area contributed by atoms with E-state index in [9.17, 15) is 14.3 Å². The molecule has 4 aromatic rings. The van der Waals surface area contributed by atoms with Crippen molar-refractivity contribution in [3.63, 3.8) is 0 Å². The molecule has 0 amide bonds. The Bertz CT molecular complexity index is 1340. The summed E-state index contributed by atoms with van der Waals surface area (Å²) in [6, 6.07) is 8.83. The van der Waals surface area contributed by atoms with Gasteiger partial charge in [-0.05, 0) is 42.7 Å². The van der Waals surface area contributed by atoms with Crippen molar-refractivity contribution in [2.45, 2.75) is 18.8 Å². The monoisotopic (exact) mass is 429 g/mol. The maximum Gasteiger partial charge on any atom is 0.280 e. The molecule has 0 saturated heterocycles. The minimum atomic E-state index is -0.585. The largest absolute Gasteiger partial charge is 0.507 e. The predicted molar refractivity (Wildman–Crippen MR) is 110 cm³/mol. The number of aromatic hydroxyl groups is 1. The first kappa shape index (κ1) is 18.2. The highest BCUT2D eigenvalue weighted by molar-refractivity contribution is 6.42. The third-order valence-corrected chi connectivity index (χ3v) is 5.87. The minimum absolute atomic E-state index is 0.171. The zero-order valence-corrected chi connectivity index (χ0v) is 16.4. The van der Waals surface area contributed by atoms with Crippen molar-refractivity contribution < 1.29 is 9.50 Å². The van der Waals surface area contributed by atoms with Gasteiger partial charge >= 0.3 is 0 Å². The van der Waals surface area contributed by atoms with E-state index in [1.807, 2.05) is 6.07 Å². The van der Waals surface area contributed by atoms with Crippen LogP contribution in [0.5, 0.6) is 5.75 Å². The molecule has 5 rings (SSSR count). The van der Waals surface area contributed by atoms with E-state index in [1.54, 1.807) is 12.1 Å². The standard InChI is InChI=1S/C21H14Cl2FN3O2/c22-15-6-3-11(7-16(15)23)18-19(10-1-2-10)26-27-20(18)25-9-14(21(27)29)13-5-4-12(24)8-17(13)28/h3-10,26,28H,1-2H2. The van der Waals surface area contributed by atoms with Gasteiger partial charge in [0.15, 0.2) is 5.65 Å². The Balaban J connectivity index is 1.77. The quantitative estimate of drug-likeness (QED) is 0.458. The number of aromatic nitrogens is 3. The maximum absolute atomic E-state index is 13.3. The number of nitrogens with one attached hydrogen (secondary N) is 1. The maximum atomic E-state index is 13.3. The Morgan fingerprint density at radius 2 is 1.90 bits per heavy atom. The van der Waals surface area contributed by atoms with E-state index < -0.39 is 5.82 Å². The molecule has 1 aliphatic carbocycles. The second-order valence-corrected chi connectivity index (χ2v) is 7.92. The molecule has 0 bridgehead atoms. The van der Waals surface area contributed by atoms with Crippen LogP contribution in [0.1, 0.15) is 24.5 Å². The van der Waals surface area contributed by atoms with E-state index in [4.69, 9.17) is 23.2 Å². The van der Waals surface area contributed by atoms with Crippen molar-refractivity contribution in [1.29, 1.82) is 0 Å². The number of hydrogen-bond donors (Lipinski definition) is 2. The van der Waals surface area contributed by atoms with Gasteiger partial charge in [0.1, 0.15) is 11.6 Å². The molecule has 0 aliphatic heterocycles. The molecule has 1 aliphatic rings. The average Bonchev–Trinajstić information content (AvgIpc) is 3.45. The molecule has 0 atom stereocenters. The van der Waals surface area contributed by atoms with Gasteiger partial charge in [-0.2, -0.15) is 0 Å². The first-order chi connectivity index (χ1) is 13.9. The van der Waals surface area contributed by atoms with Crippen LogP contribution in [0.15, 0.2) is 47.4 Å². The number of rotatable bonds is 3. The lowest BCUT2D eigenvalue weighted by atomic mass is 10.0. The molecule has 0 radical (unpaired) electrons. The van der Waals surface area contributed by atoms with Gasteiger partial charge in [-0.1, -0.05) is 29.3 Å². The third kappa shape index (κ3) is 2.99. The second kappa shape index (κ2) is 6.61. The number of phenols is 1. The number of benzene rings is 2. The summed E-state index contributed by atoms with van der Waals surface area (Å²) in [6.45, 7) is 0. The van der Waals surface area contributed by atoms with Gasteiger partial charge < -0.3 is 5.11 Å². The zero-order chi connectivity index (χ0) is 20.3. The number of hydrogen-bond acceptors (Lipinski definition) is 3. The molecule has 2 aromatic heterocycles. The van der Waals surface area contributed by atoms with Crippen LogP contribution in [-0.2, 0) is 0 Å². The fourth-order valence-corrected chi connectivity index (χ4v) is 3.85. The van der Waals surface area contributed by atoms with Crippen LogP contribution in [0, 0.1) is 5.82 Å². The Labute approximate surface area is 174 Å². The van der Waals surface area contributed by atoms with Crippen LogP contribution in [-0.4, -0.2) is 19.7 Å². The molecule has 2 aromatic carbocycles. The van der Waals surface area contributed by atoms with Crippen LogP contribution in [0.25, 0.3) is 27.9 Å². The Hall–Kier alpha value is -2.83. The van der Waals surface area contributed by atoms with Gasteiger partial charge in [0.2, 0.25) is 0 Å². The summed E-state index contributed by atoms with van der Waals surface area (Å²) < 4.78 is 14.7. The second-order valence-electron chi connectivity index (χ2n) is 7.10. The van der Waals surface area contributed by atoms with Crippen LogP contribution >= 0.6 is 23.2 Å². The summed E-state index contributed by atoms with van der Waals surface area (Å²) >= 11 is 12.3. The summed E-state index contributed by atoms with van der Waals surface area (Å²) in [5, 5.41) is 14.1. The molecule has 8 heteroatoms. The fraction of sp³-hybridized carbons (Fsp3) is 0.143. The molecule has 1 saturated carbocycles. The third-order valence-electron chi connectivity index (χ3n) is 5.13. The number of H-pyrrole nitrogens is 1. The summed E-state index contributed by atoms with van der Waals surface area (Å²) in [4.78, 5) is 17.7. The Morgan fingerprint density at radius 1 is 1.10 bits per heavy atom. The van der Waals surface area contributed by atoms with Crippen molar-refractivity contribution in [3.05, 3.63) is 74.5 Å². The number of aromatic amines is 1. The SMILES string of the molecule is O=c1c(-c2ccc(F)cc2O)cnc2c(-c3ccc(Cl)c(Cl)c3)c(C3CC3)[nH]n12. The Kier molecular flexibility index (Phi) is 4.15. The van der Waals surface area contributed by atoms with Crippen LogP contribution in [0.4, 0.5) is 4.39 Å². The van der Waals surface area contributed by atoms with Gasteiger partial charge in [-0.15, -0.1) is 0 Å². The number of halogens is 3. The van der Waals surface area contributed by atoms with Crippen molar-refractivity contribution >= 4 is 28.8 Å². The topological polar surface area (TPSA) is 70.4 Å². The molecule has 2 N–H and O–H groups in total. The number of fused-ring (bicyclic) bond motifs is 1. The van der Waals surface area contributed by atoms with Gasteiger partial charge in [-0.25, -0.2) is 13.9 Å². The van der Waals surface area contributed by atoms with E-state index in [2.05, 4.69) is 10.1 Å². The average molecular weight is 430 g/mol. The van der Waals surface area contributed by atoms with Crippen molar-refractivity contribution in [3.8, 4) is 28.0 Å². The molecule has 146 valence electrons. The lowest BCUT2D eigenvalue weighted by molar-refractivity contribution is 0.471. The van der Waals surface area contributed by atoms with Crippen LogP contribution in [0.3, 0.4) is 0 Å². The molecule has 0 unspecified atom stereocenters. The molecule has 2 heterocycles. The molecular formula is C21H14Cl2FN3O2. The normalized spacial score (nSPS) is 13.9. The predicted octanol–water partition coefficient (Wildman–Crippen LogP) is 5.39. The summed E-state index contributed by atoms with van der Waals surface area (Å²) in [6.07, 6.45) is 3.43. The summed E-state index contributed by atoms with van der Waals surface area (Å²) in [5.74, 6) is -0.594. The Morgan fingerprint density at radius 3 is 2.59 bits per heavy atom. The van der Waals surface area contributed by atoms with Crippen molar-refractivity contribution in [2.24, 2.45) is 0 Å². The van der Waals surface area contributed by atoms with E-state index in [0.29, 0.717) is 21.6 Å². The van der Waals surface area contributed by atoms with Gasteiger partial charge in [0, 0.05) is 35.0 Å². The van der Waals surface area contributed by atoms with Crippen LogP contribution in [0.2, 0.25) is 10.0 Å². The van der Waals surface area contributed by atoms with E-state index in [1.165, 1.54) is 22.8 Å². The van der Waals surface area contributed by atoms with Crippen LogP contribution < -0.4 is 5.56 Å². The first-order valence-corrected chi connectivity index (χ1v) is 9.77. The highest BCUT2D eigenvalue weighted by Gasteiger charge is 2.31. The minimum Gasteiger partial charge on any atom is -0.507 e. The molecule has 29 heavy (non-hydrogen) atoms. The smallest absolute Gasteiger partial charge is 0.280 e. The highest BCUT2D eigenvalue weighted by Crippen LogP contribution is 2.45. The molecular weight excluding hydrogens is 416 g/mol. The van der Waals surface area contributed by atoms with E-state index in [-0.39, 0.29) is 22.4 Å². The van der Waals surface area contributed by atoms with E-state index >= 15 is 0 Å². The van der Waals surface area contributed by atoms with Gasteiger partial charge in [0.25, 0.3) is 5.56 Å². The summed E-state index contributed by atoms with van der Waals surface area (Å²) in [5.41, 5.74) is 2.99. The van der Waals surface area contributed by atoms with Crippen molar-refractivity contribution in [2.75, 3.05) is 0 Å². The van der Waals surface area contributed by atoms with E-state index in [0.717, 1.165) is 35.7 Å². The zero-order valence-electron chi connectivity index (χ0n) is 14.9. The van der Waals surface area contributed by atoms with Gasteiger partial charge in [-0.3, -0.25) is 9.89 Å². The molecule has 0 spiro atoms. The number of nitrogens with zero attached hydrogens (tertiary/aromatic N) is 2. The fourth-order valence-electron chi connectivity index (χ4n) is 3.55. The summed E-state index contributed by atoms with van der Waals surface area (Å²) in [7, 11) is 0. The van der Waals surface area contributed by atoms with Crippen molar-refractivity contribution in [1.82, 2.24) is 14.6 Å². The lowest BCUT2D eigenvalue weighted by Crippen LogP contribution is -2.17. The molecule has 1 fully saturated rings. The van der Waals surface area contributed by atoms with Gasteiger partial charge in [0.05, 0.1) is 15.6 Å². The number of phenolic OH excluding ortho intramolecular Hbond substituents is 1. The lowest BCUT2D eigenvalue weighted by Gasteiger charge is -2.06. The highest BCUT2D eigenvalue weighted by atomic mass is 35.5. The molecule has 5 nitrogen and oxygen atoms in total. The first-order valence-electron chi connectivity index (χ1n) is 9.02.